The lowest BCUT2D eigenvalue weighted by atomic mass is 10.2. The van der Waals surface area contributed by atoms with E-state index in [1.165, 1.54) is 36.6 Å². The van der Waals surface area contributed by atoms with E-state index in [0.717, 1.165) is 11.2 Å². The van der Waals surface area contributed by atoms with E-state index in [0.29, 0.717) is 6.04 Å². The number of H-pyrrole nitrogens is 1. The van der Waals surface area contributed by atoms with Crippen LogP contribution in [0.5, 0.6) is 0 Å². The van der Waals surface area contributed by atoms with E-state index in [-0.39, 0.29) is 0 Å². The minimum Gasteiger partial charge on any atom is -0.346 e. The van der Waals surface area contributed by atoms with Crippen LogP contribution in [0, 0.1) is 0 Å². The van der Waals surface area contributed by atoms with Crippen LogP contribution in [0.15, 0.2) is 24.8 Å². The van der Waals surface area contributed by atoms with Crippen molar-refractivity contribution in [3.63, 3.8) is 0 Å². The first-order valence-corrected chi connectivity index (χ1v) is 6.22. The van der Waals surface area contributed by atoms with Gasteiger partial charge in [0.25, 0.3) is 0 Å². The van der Waals surface area contributed by atoms with E-state index < -0.39 is 0 Å². The van der Waals surface area contributed by atoms with Gasteiger partial charge in [0.15, 0.2) is 0 Å². The molecule has 0 bridgehead atoms. The summed E-state index contributed by atoms with van der Waals surface area (Å²) < 4.78 is 2.35. The van der Waals surface area contributed by atoms with Crippen LogP contribution in [0.2, 0.25) is 0 Å². The maximum Gasteiger partial charge on any atom is 0.139 e. The zero-order chi connectivity index (χ0) is 11.2. The average Bonchev–Trinajstić information content (AvgIpc) is 3.08. The fourth-order valence-corrected chi connectivity index (χ4v) is 2.99. The van der Waals surface area contributed by atoms with Gasteiger partial charge in [-0.3, -0.25) is 0 Å². The minimum atomic E-state index is 0.625. The molecule has 0 atom stereocenters. The molecule has 0 aromatic carbocycles. The highest BCUT2D eigenvalue weighted by Crippen LogP contribution is 2.33. The Morgan fingerprint density at radius 2 is 2.12 bits per heavy atom. The largest absolute Gasteiger partial charge is 0.346 e. The van der Waals surface area contributed by atoms with Gasteiger partial charge >= 0.3 is 0 Å². The molecule has 0 spiro atoms. The Balaban J connectivity index is 2.05. The van der Waals surface area contributed by atoms with Crippen molar-refractivity contribution < 1.29 is 0 Å². The number of pyridine rings is 1. The molecular weight excluding hydrogens is 212 g/mol. The predicted octanol–water partition coefficient (Wildman–Crippen LogP) is 3.03. The number of aromatic nitrogens is 4. The first kappa shape index (κ1) is 9.22. The SMILES string of the molecule is c1cc2c(ncc3ncn(C4CCCC4)c32)[nH]1. The number of nitrogens with zero attached hydrogens (tertiary/aromatic N) is 3. The lowest BCUT2D eigenvalue weighted by Crippen LogP contribution is -2.02. The maximum absolute atomic E-state index is 4.48. The highest BCUT2D eigenvalue weighted by molar-refractivity contribution is 6.00. The molecule has 3 aromatic rings. The molecule has 1 fully saturated rings. The topological polar surface area (TPSA) is 46.5 Å². The second kappa shape index (κ2) is 3.32. The summed E-state index contributed by atoms with van der Waals surface area (Å²) in [6.45, 7) is 0. The monoisotopic (exact) mass is 226 g/mol. The molecule has 3 heterocycles. The number of hydrogen-bond acceptors (Lipinski definition) is 2. The number of fused-ring (bicyclic) bond motifs is 3. The summed E-state index contributed by atoms with van der Waals surface area (Å²) in [4.78, 5) is 12.0. The van der Waals surface area contributed by atoms with E-state index >= 15 is 0 Å². The molecule has 0 unspecified atom stereocenters. The van der Waals surface area contributed by atoms with E-state index in [1.54, 1.807) is 0 Å². The lowest BCUT2D eigenvalue weighted by Gasteiger charge is -2.12. The predicted molar refractivity (Wildman–Crippen MR) is 66.9 cm³/mol. The molecule has 4 nitrogen and oxygen atoms in total. The van der Waals surface area contributed by atoms with Gasteiger partial charge in [-0.2, -0.15) is 0 Å². The molecule has 3 aromatic heterocycles. The summed E-state index contributed by atoms with van der Waals surface area (Å²) >= 11 is 0. The van der Waals surface area contributed by atoms with Crippen molar-refractivity contribution in [2.24, 2.45) is 0 Å². The van der Waals surface area contributed by atoms with Gasteiger partial charge in [0, 0.05) is 17.6 Å². The number of aromatic amines is 1. The van der Waals surface area contributed by atoms with Crippen molar-refractivity contribution in [2.45, 2.75) is 31.7 Å². The van der Waals surface area contributed by atoms with Gasteiger partial charge in [0.1, 0.15) is 11.2 Å². The van der Waals surface area contributed by atoms with Crippen molar-refractivity contribution in [1.29, 1.82) is 0 Å². The molecule has 1 aliphatic carbocycles. The standard InChI is InChI=1S/C13H14N4/c1-2-4-9(3-1)17-8-16-11-7-15-13-10(12(11)17)5-6-14-13/h5-9H,1-4H2,(H,14,15). The van der Waals surface area contributed by atoms with Crippen LogP contribution in [0.1, 0.15) is 31.7 Å². The van der Waals surface area contributed by atoms with Crippen LogP contribution in [0.3, 0.4) is 0 Å². The number of nitrogens with one attached hydrogen (secondary N) is 1. The fraction of sp³-hybridized carbons (Fsp3) is 0.385. The number of imidazole rings is 1. The van der Waals surface area contributed by atoms with Gasteiger partial charge in [0.05, 0.1) is 18.0 Å². The fourth-order valence-electron chi connectivity index (χ4n) is 2.99. The molecule has 0 saturated heterocycles. The quantitative estimate of drug-likeness (QED) is 0.693. The van der Waals surface area contributed by atoms with Gasteiger partial charge < -0.3 is 9.55 Å². The summed E-state index contributed by atoms with van der Waals surface area (Å²) in [5.74, 6) is 0. The van der Waals surface area contributed by atoms with Gasteiger partial charge in [-0.05, 0) is 18.9 Å². The molecule has 86 valence electrons. The molecule has 4 rings (SSSR count). The second-order valence-corrected chi connectivity index (χ2v) is 4.82. The summed E-state index contributed by atoms with van der Waals surface area (Å²) in [6.07, 6.45) is 11.0. The van der Waals surface area contributed by atoms with Gasteiger partial charge in [-0.1, -0.05) is 12.8 Å². The Hall–Kier alpha value is -1.84. The zero-order valence-electron chi connectivity index (χ0n) is 9.56. The highest BCUT2D eigenvalue weighted by Gasteiger charge is 2.20. The van der Waals surface area contributed by atoms with Gasteiger partial charge in [0.2, 0.25) is 0 Å². The zero-order valence-corrected chi connectivity index (χ0v) is 9.56. The Morgan fingerprint density at radius 1 is 1.24 bits per heavy atom. The Kier molecular flexibility index (Phi) is 1.80. The van der Waals surface area contributed by atoms with Crippen molar-refractivity contribution in [2.75, 3.05) is 0 Å². The Labute approximate surface area is 98.7 Å². The molecule has 0 amide bonds. The molecular formula is C13H14N4. The molecule has 0 radical (unpaired) electrons. The third-order valence-corrected chi connectivity index (χ3v) is 3.84. The first-order valence-electron chi connectivity index (χ1n) is 6.22. The molecule has 17 heavy (non-hydrogen) atoms. The lowest BCUT2D eigenvalue weighted by molar-refractivity contribution is 0.533. The van der Waals surface area contributed by atoms with Crippen molar-refractivity contribution >= 4 is 22.1 Å². The number of rotatable bonds is 1. The smallest absolute Gasteiger partial charge is 0.139 e. The maximum atomic E-state index is 4.48. The average molecular weight is 226 g/mol. The molecule has 1 aliphatic rings. The summed E-state index contributed by atoms with van der Waals surface area (Å²) in [5, 5.41) is 1.19. The second-order valence-electron chi connectivity index (χ2n) is 4.82. The highest BCUT2D eigenvalue weighted by atomic mass is 15.1. The normalized spacial score (nSPS) is 17.4. The van der Waals surface area contributed by atoms with E-state index in [4.69, 9.17) is 0 Å². The third kappa shape index (κ3) is 1.24. The van der Waals surface area contributed by atoms with Crippen LogP contribution in [-0.2, 0) is 0 Å². The van der Waals surface area contributed by atoms with Crippen molar-refractivity contribution in [3.05, 3.63) is 24.8 Å². The summed E-state index contributed by atoms with van der Waals surface area (Å²) in [6, 6.07) is 2.72. The molecule has 1 saturated carbocycles. The Morgan fingerprint density at radius 3 is 3.00 bits per heavy atom. The van der Waals surface area contributed by atoms with Gasteiger partial charge in [-0.15, -0.1) is 0 Å². The summed E-state index contributed by atoms with van der Waals surface area (Å²) in [7, 11) is 0. The molecule has 4 heteroatoms. The van der Waals surface area contributed by atoms with Crippen LogP contribution in [0.25, 0.3) is 22.1 Å². The third-order valence-electron chi connectivity index (χ3n) is 3.84. The minimum absolute atomic E-state index is 0.625. The van der Waals surface area contributed by atoms with E-state index in [9.17, 15) is 0 Å². The van der Waals surface area contributed by atoms with Crippen molar-refractivity contribution in [1.82, 2.24) is 19.5 Å². The van der Waals surface area contributed by atoms with Gasteiger partial charge in [-0.25, -0.2) is 9.97 Å². The van der Waals surface area contributed by atoms with Crippen LogP contribution >= 0.6 is 0 Å². The first-order chi connectivity index (χ1) is 8.43. The van der Waals surface area contributed by atoms with Crippen LogP contribution < -0.4 is 0 Å². The summed E-state index contributed by atoms with van der Waals surface area (Å²) in [5.41, 5.74) is 3.20. The van der Waals surface area contributed by atoms with Crippen LogP contribution in [0.4, 0.5) is 0 Å². The molecule has 1 N–H and O–H groups in total. The van der Waals surface area contributed by atoms with Crippen LogP contribution in [-0.4, -0.2) is 19.5 Å². The van der Waals surface area contributed by atoms with E-state index in [1.807, 2.05) is 18.7 Å². The Bertz CT molecular complexity index is 673. The van der Waals surface area contributed by atoms with E-state index in [2.05, 4.69) is 25.6 Å². The number of hydrogen-bond donors (Lipinski definition) is 1. The van der Waals surface area contributed by atoms with Crippen molar-refractivity contribution in [3.8, 4) is 0 Å². The molecule has 0 aliphatic heterocycles.